The topological polar surface area (TPSA) is 83.2 Å². The SMILES string of the molecule is O[C@H]1[C@@H](O)CN[C@@H]1Cn1cc(-c2ccccc2)nn1. The molecule has 6 nitrogen and oxygen atoms in total. The maximum Gasteiger partial charge on any atom is 0.113 e. The van der Waals surface area contributed by atoms with Crippen LogP contribution in [0.2, 0.25) is 0 Å². The van der Waals surface area contributed by atoms with Gasteiger partial charge in [0, 0.05) is 12.1 Å². The summed E-state index contributed by atoms with van der Waals surface area (Å²) >= 11 is 0. The Morgan fingerprint density at radius 1 is 1.26 bits per heavy atom. The molecule has 0 amide bonds. The van der Waals surface area contributed by atoms with Gasteiger partial charge in [-0.3, -0.25) is 4.68 Å². The second-order valence-corrected chi connectivity index (χ2v) is 4.76. The summed E-state index contributed by atoms with van der Waals surface area (Å²) in [5.41, 5.74) is 1.81. The fourth-order valence-electron chi connectivity index (χ4n) is 2.28. The summed E-state index contributed by atoms with van der Waals surface area (Å²) in [6.45, 7) is 0.893. The van der Waals surface area contributed by atoms with Crippen LogP contribution in [0.25, 0.3) is 11.3 Å². The average molecular weight is 260 g/mol. The molecule has 1 aromatic carbocycles. The van der Waals surface area contributed by atoms with Crippen LogP contribution in [0, 0.1) is 0 Å². The van der Waals surface area contributed by atoms with Crippen molar-refractivity contribution in [3.63, 3.8) is 0 Å². The zero-order valence-corrected chi connectivity index (χ0v) is 10.3. The van der Waals surface area contributed by atoms with Gasteiger partial charge in [0.2, 0.25) is 0 Å². The lowest BCUT2D eigenvalue weighted by molar-refractivity contribution is 0.0372. The molecular formula is C13H16N4O2. The first-order chi connectivity index (χ1) is 9.24. The van der Waals surface area contributed by atoms with Crippen molar-refractivity contribution in [3.8, 4) is 11.3 Å². The maximum atomic E-state index is 9.77. The highest BCUT2D eigenvalue weighted by molar-refractivity contribution is 5.57. The molecular weight excluding hydrogens is 244 g/mol. The van der Waals surface area contributed by atoms with Crippen molar-refractivity contribution in [2.24, 2.45) is 0 Å². The first kappa shape index (κ1) is 12.3. The van der Waals surface area contributed by atoms with Crippen LogP contribution in [-0.2, 0) is 6.54 Å². The summed E-state index contributed by atoms with van der Waals surface area (Å²) in [5, 5.41) is 30.5. The third kappa shape index (κ3) is 2.51. The molecule has 19 heavy (non-hydrogen) atoms. The fourth-order valence-corrected chi connectivity index (χ4v) is 2.28. The standard InChI is InChI=1S/C13H16N4O2/c18-12-6-14-11(13(12)19)8-17-7-10(15-16-17)9-4-2-1-3-5-9/h1-5,7,11-14,18-19H,6,8H2/t11-,12+,13-/m1/s1. The quantitative estimate of drug-likeness (QED) is 0.702. The van der Waals surface area contributed by atoms with Crippen molar-refractivity contribution in [1.82, 2.24) is 20.3 Å². The van der Waals surface area contributed by atoms with E-state index in [1.165, 1.54) is 0 Å². The molecule has 0 radical (unpaired) electrons. The molecule has 6 heteroatoms. The van der Waals surface area contributed by atoms with E-state index in [4.69, 9.17) is 0 Å². The number of benzene rings is 1. The van der Waals surface area contributed by atoms with Crippen molar-refractivity contribution in [1.29, 1.82) is 0 Å². The Hall–Kier alpha value is -1.76. The van der Waals surface area contributed by atoms with Crippen molar-refractivity contribution in [2.75, 3.05) is 6.54 Å². The van der Waals surface area contributed by atoms with Gasteiger partial charge in [-0.1, -0.05) is 35.5 Å². The Morgan fingerprint density at radius 3 is 2.74 bits per heavy atom. The van der Waals surface area contributed by atoms with Crippen molar-refractivity contribution in [3.05, 3.63) is 36.5 Å². The number of aromatic nitrogens is 3. The largest absolute Gasteiger partial charge is 0.389 e. The molecule has 0 aliphatic carbocycles. The Labute approximate surface area is 110 Å². The summed E-state index contributed by atoms with van der Waals surface area (Å²) in [5.74, 6) is 0. The van der Waals surface area contributed by atoms with E-state index in [-0.39, 0.29) is 6.04 Å². The summed E-state index contributed by atoms with van der Waals surface area (Å²) < 4.78 is 1.68. The number of nitrogens with zero attached hydrogens (tertiary/aromatic N) is 3. The smallest absolute Gasteiger partial charge is 0.113 e. The summed E-state index contributed by atoms with van der Waals surface area (Å²) in [6.07, 6.45) is 0.375. The second kappa shape index (κ2) is 5.08. The molecule has 1 fully saturated rings. The summed E-state index contributed by atoms with van der Waals surface area (Å²) in [6, 6.07) is 9.61. The molecule has 1 saturated heterocycles. The van der Waals surface area contributed by atoms with Crippen LogP contribution in [0.3, 0.4) is 0 Å². The highest BCUT2D eigenvalue weighted by atomic mass is 16.3. The zero-order chi connectivity index (χ0) is 13.2. The lowest BCUT2D eigenvalue weighted by Crippen LogP contribution is -2.36. The summed E-state index contributed by atoms with van der Waals surface area (Å²) in [7, 11) is 0. The normalized spacial score (nSPS) is 26.7. The number of aliphatic hydroxyl groups excluding tert-OH is 2. The lowest BCUT2D eigenvalue weighted by Gasteiger charge is -2.15. The molecule has 2 aromatic rings. The van der Waals surface area contributed by atoms with Gasteiger partial charge < -0.3 is 15.5 Å². The molecule has 1 aliphatic rings. The minimum Gasteiger partial charge on any atom is -0.389 e. The van der Waals surface area contributed by atoms with E-state index >= 15 is 0 Å². The van der Waals surface area contributed by atoms with Gasteiger partial charge in [-0.2, -0.15) is 0 Å². The lowest BCUT2D eigenvalue weighted by atomic mass is 10.1. The predicted octanol–water partition coefficient (Wildman–Crippen LogP) is -0.361. The third-order valence-electron chi connectivity index (χ3n) is 3.39. The molecule has 3 N–H and O–H groups in total. The Bertz CT molecular complexity index is 543. The van der Waals surface area contributed by atoms with E-state index in [9.17, 15) is 10.2 Å². The van der Waals surface area contributed by atoms with Gasteiger partial charge in [0.1, 0.15) is 5.69 Å². The minimum atomic E-state index is -0.760. The highest BCUT2D eigenvalue weighted by Gasteiger charge is 2.33. The third-order valence-corrected chi connectivity index (χ3v) is 3.39. The Morgan fingerprint density at radius 2 is 2.05 bits per heavy atom. The molecule has 1 aromatic heterocycles. The van der Waals surface area contributed by atoms with Gasteiger partial charge in [0.05, 0.1) is 31.0 Å². The molecule has 2 heterocycles. The Balaban J connectivity index is 1.72. The van der Waals surface area contributed by atoms with Crippen LogP contribution < -0.4 is 5.32 Å². The predicted molar refractivity (Wildman–Crippen MR) is 69.3 cm³/mol. The minimum absolute atomic E-state index is 0.194. The molecule has 0 bridgehead atoms. The van der Waals surface area contributed by atoms with Crippen LogP contribution >= 0.6 is 0 Å². The van der Waals surface area contributed by atoms with Crippen molar-refractivity contribution >= 4 is 0 Å². The van der Waals surface area contributed by atoms with Crippen LogP contribution in [0.4, 0.5) is 0 Å². The number of β-amino-alcohol motifs (C(OH)–C–C–N with tert-alkyl or cyclic N) is 1. The highest BCUT2D eigenvalue weighted by Crippen LogP contribution is 2.16. The molecule has 1 aliphatic heterocycles. The van der Waals surface area contributed by atoms with Gasteiger partial charge >= 0.3 is 0 Å². The van der Waals surface area contributed by atoms with Gasteiger partial charge in [-0.05, 0) is 0 Å². The van der Waals surface area contributed by atoms with Crippen LogP contribution in [0.1, 0.15) is 0 Å². The van der Waals surface area contributed by atoms with Crippen molar-refractivity contribution < 1.29 is 10.2 Å². The zero-order valence-electron chi connectivity index (χ0n) is 10.3. The van der Waals surface area contributed by atoms with Crippen LogP contribution in [0.15, 0.2) is 36.5 Å². The van der Waals surface area contributed by atoms with E-state index in [2.05, 4.69) is 15.6 Å². The number of nitrogens with one attached hydrogen (secondary N) is 1. The first-order valence-electron chi connectivity index (χ1n) is 6.29. The van der Waals surface area contributed by atoms with Gasteiger partial charge in [0.25, 0.3) is 0 Å². The Kier molecular flexibility index (Phi) is 3.29. The van der Waals surface area contributed by atoms with E-state index in [0.29, 0.717) is 13.1 Å². The molecule has 0 unspecified atom stereocenters. The van der Waals surface area contributed by atoms with E-state index in [1.807, 2.05) is 36.5 Å². The van der Waals surface area contributed by atoms with Gasteiger partial charge in [0.15, 0.2) is 0 Å². The molecule has 3 rings (SSSR count). The summed E-state index contributed by atoms with van der Waals surface area (Å²) in [4.78, 5) is 0. The second-order valence-electron chi connectivity index (χ2n) is 4.76. The van der Waals surface area contributed by atoms with E-state index in [0.717, 1.165) is 11.3 Å². The first-order valence-corrected chi connectivity index (χ1v) is 6.29. The van der Waals surface area contributed by atoms with Crippen LogP contribution in [0.5, 0.6) is 0 Å². The van der Waals surface area contributed by atoms with Crippen LogP contribution in [-0.4, -0.2) is 50.0 Å². The molecule has 3 atom stereocenters. The van der Waals surface area contributed by atoms with Crippen molar-refractivity contribution in [2.45, 2.75) is 24.8 Å². The molecule has 0 spiro atoms. The number of rotatable bonds is 3. The molecule has 0 saturated carbocycles. The maximum absolute atomic E-state index is 9.77. The van der Waals surface area contributed by atoms with Gasteiger partial charge in [-0.25, -0.2) is 0 Å². The van der Waals surface area contributed by atoms with E-state index < -0.39 is 12.2 Å². The average Bonchev–Trinajstić information content (AvgIpc) is 3.02. The number of aliphatic hydroxyl groups is 2. The van der Waals surface area contributed by atoms with Gasteiger partial charge in [-0.15, -0.1) is 5.10 Å². The fraction of sp³-hybridized carbons (Fsp3) is 0.385. The monoisotopic (exact) mass is 260 g/mol. The molecule has 100 valence electrons. The van der Waals surface area contributed by atoms with E-state index in [1.54, 1.807) is 4.68 Å². The number of hydrogen-bond acceptors (Lipinski definition) is 5. The number of hydrogen-bond donors (Lipinski definition) is 3.